The lowest BCUT2D eigenvalue weighted by Crippen LogP contribution is -2.19. The number of halogens is 3. The van der Waals surface area contributed by atoms with E-state index in [-0.39, 0.29) is 18.3 Å². The SMILES string of the molecule is COCCOCC(=O)Nc1ncc(Cc2ccc(OC(F)(F)F)cc2)s1. The zero-order valence-corrected chi connectivity index (χ0v) is 14.7. The van der Waals surface area contributed by atoms with Crippen LogP contribution in [0.1, 0.15) is 10.4 Å². The Kier molecular flexibility index (Phi) is 7.37. The highest BCUT2D eigenvalue weighted by Crippen LogP contribution is 2.25. The first kappa shape index (κ1) is 20.1. The van der Waals surface area contributed by atoms with Crippen molar-refractivity contribution < 1.29 is 32.2 Å². The summed E-state index contributed by atoms with van der Waals surface area (Å²) >= 11 is 1.28. The molecule has 0 unspecified atom stereocenters. The summed E-state index contributed by atoms with van der Waals surface area (Å²) in [5.41, 5.74) is 0.795. The van der Waals surface area contributed by atoms with Crippen molar-refractivity contribution in [2.24, 2.45) is 0 Å². The number of rotatable bonds is 9. The molecule has 0 saturated carbocycles. The van der Waals surface area contributed by atoms with E-state index in [1.165, 1.54) is 30.6 Å². The van der Waals surface area contributed by atoms with Crippen molar-refractivity contribution in [3.8, 4) is 5.75 Å². The number of alkyl halides is 3. The lowest BCUT2D eigenvalue weighted by Gasteiger charge is -2.08. The maximum atomic E-state index is 12.1. The number of hydrogen-bond donors (Lipinski definition) is 1. The number of carbonyl (C=O) groups is 1. The molecule has 0 spiro atoms. The molecule has 1 heterocycles. The molecule has 0 saturated heterocycles. The average Bonchev–Trinajstić information content (AvgIpc) is 2.99. The lowest BCUT2D eigenvalue weighted by molar-refractivity contribution is -0.274. The summed E-state index contributed by atoms with van der Waals surface area (Å²) in [5.74, 6) is -0.595. The van der Waals surface area contributed by atoms with E-state index in [4.69, 9.17) is 9.47 Å². The fraction of sp³-hybridized carbons (Fsp3) is 0.375. The van der Waals surface area contributed by atoms with Crippen LogP contribution in [0.4, 0.5) is 18.3 Å². The molecule has 0 aliphatic carbocycles. The molecule has 2 rings (SSSR count). The number of thiazole rings is 1. The molecule has 0 atom stereocenters. The standard InChI is InChI=1S/C16H17F3N2O4S/c1-23-6-7-24-10-14(22)21-15-20-9-13(26-15)8-11-2-4-12(5-3-11)25-16(17,18)19/h2-5,9H,6-8,10H2,1H3,(H,20,21,22). The predicted molar refractivity (Wildman–Crippen MR) is 89.4 cm³/mol. The van der Waals surface area contributed by atoms with Crippen LogP contribution in [0.3, 0.4) is 0 Å². The van der Waals surface area contributed by atoms with Crippen molar-refractivity contribution >= 4 is 22.4 Å². The van der Waals surface area contributed by atoms with E-state index in [1.807, 2.05) is 0 Å². The zero-order valence-electron chi connectivity index (χ0n) is 13.8. The number of nitrogens with zero attached hydrogens (tertiary/aromatic N) is 1. The van der Waals surface area contributed by atoms with Crippen LogP contribution in [0, 0.1) is 0 Å². The zero-order chi connectivity index (χ0) is 19.0. The van der Waals surface area contributed by atoms with Crippen molar-refractivity contribution in [3.05, 3.63) is 40.9 Å². The Labute approximate surface area is 151 Å². The van der Waals surface area contributed by atoms with Crippen LogP contribution in [0.25, 0.3) is 0 Å². The summed E-state index contributed by atoms with van der Waals surface area (Å²) in [7, 11) is 1.54. The maximum Gasteiger partial charge on any atom is 0.573 e. The second kappa shape index (κ2) is 9.51. The van der Waals surface area contributed by atoms with E-state index in [9.17, 15) is 18.0 Å². The predicted octanol–water partition coefficient (Wildman–Crippen LogP) is 3.23. The third-order valence-corrected chi connectivity index (χ3v) is 3.91. The molecule has 1 amide bonds. The van der Waals surface area contributed by atoms with Gasteiger partial charge in [-0.1, -0.05) is 12.1 Å². The number of methoxy groups -OCH3 is 1. The van der Waals surface area contributed by atoms with Gasteiger partial charge in [0.1, 0.15) is 12.4 Å². The molecule has 1 N–H and O–H groups in total. The van der Waals surface area contributed by atoms with Crippen molar-refractivity contribution in [1.82, 2.24) is 4.98 Å². The van der Waals surface area contributed by atoms with Crippen molar-refractivity contribution in [3.63, 3.8) is 0 Å². The number of amides is 1. The molecule has 0 aliphatic rings. The number of ether oxygens (including phenoxy) is 3. The van der Waals surface area contributed by atoms with Gasteiger partial charge in [0.2, 0.25) is 0 Å². The molecule has 6 nitrogen and oxygen atoms in total. The lowest BCUT2D eigenvalue weighted by atomic mass is 10.1. The molecular weight excluding hydrogens is 373 g/mol. The first-order chi connectivity index (χ1) is 12.4. The Bertz CT molecular complexity index is 704. The molecule has 2 aromatic rings. The minimum atomic E-state index is -4.71. The van der Waals surface area contributed by atoms with E-state index in [0.29, 0.717) is 24.8 Å². The molecule has 26 heavy (non-hydrogen) atoms. The quantitative estimate of drug-likeness (QED) is 0.666. The molecule has 142 valence electrons. The van der Waals surface area contributed by atoms with Gasteiger partial charge in [0, 0.05) is 24.6 Å². The number of anilines is 1. The van der Waals surface area contributed by atoms with Crippen molar-refractivity contribution in [2.75, 3.05) is 32.2 Å². The van der Waals surface area contributed by atoms with Gasteiger partial charge < -0.3 is 14.2 Å². The highest BCUT2D eigenvalue weighted by Gasteiger charge is 2.30. The Morgan fingerprint density at radius 3 is 2.62 bits per heavy atom. The maximum absolute atomic E-state index is 12.1. The largest absolute Gasteiger partial charge is 0.573 e. The van der Waals surface area contributed by atoms with Crippen LogP contribution in [-0.2, 0) is 20.7 Å². The number of hydrogen-bond acceptors (Lipinski definition) is 6. The smallest absolute Gasteiger partial charge is 0.406 e. The van der Waals surface area contributed by atoms with E-state index in [2.05, 4.69) is 15.0 Å². The summed E-state index contributed by atoms with van der Waals surface area (Å²) in [6.07, 6.45) is -2.63. The molecule has 0 aliphatic heterocycles. The van der Waals surface area contributed by atoms with Gasteiger partial charge in [0.25, 0.3) is 5.91 Å². The van der Waals surface area contributed by atoms with Crippen molar-refractivity contribution in [2.45, 2.75) is 12.8 Å². The average molecular weight is 390 g/mol. The van der Waals surface area contributed by atoms with E-state index < -0.39 is 6.36 Å². The molecule has 0 radical (unpaired) electrons. The molecular formula is C16H17F3N2O4S. The molecule has 1 aromatic carbocycles. The Hall–Kier alpha value is -2.17. The molecule has 1 aromatic heterocycles. The van der Waals surface area contributed by atoms with Crippen LogP contribution in [-0.4, -0.2) is 44.2 Å². The third-order valence-electron chi connectivity index (χ3n) is 3.00. The van der Waals surface area contributed by atoms with Gasteiger partial charge >= 0.3 is 6.36 Å². The minimum absolute atomic E-state index is 0.0983. The van der Waals surface area contributed by atoms with Crippen LogP contribution >= 0.6 is 11.3 Å². The van der Waals surface area contributed by atoms with Gasteiger partial charge in [0.15, 0.2) is 5.13 Å². The minimum Gasteiger partial charge on any atom is -0.406 e. The fourth-order valence-corrected chi connectivity index (χ4v) is 2.78. The monoisotopic (exact) mass is 390 g/mol. The number of aromatic nitrogens is 1. The van der Waals surface area contributed by atoms with Gasteiger partial charge in [-0.15, -0.1) is 24.5 Å². The summed E-state index contributed by atoms with van der Waals surface area (Å²) in [6.45, 7) is 0.626. The van der Waals surface area contributed by atoms with Gasteiger partial charge in [-0.25, -0.2) is 4.98 Å². The van der Waals surface area contributed by atoms with Gasteiger partial charge in [-0.3, -0.25) is 10.1 Å². The fourth-order valence-electron chi connectivity index (χ4n) is 1.92. The van der Waals surface area contributed by atoms with E-state index in [1.54, 1.807) is 18.3 Å². The van der Waals surface area contributed by atoms with Gasteiger partial charge in [0.05, 0.1) is 13.2 Å². The first-order valence-electron chi connectivity index (χ1n) is 7.51. The molecule has 0 fully saturated rings. The van der Waals surface area contributed by atoms with Crippen LogP contribution in [0.15, 0.2) is 30.5 Å². The first-order valence-corrected chi connectivity index (χ1v) is 8.33. The van der Waals surface area contributed by atoms with Crippen molar-refractivity contribution in [1.29, 1.82) is 0 Å². The highest BCUT2D eigenvalue weighted by molar-refractivity contribution is 7.15. The Morgan fingerprint density at radius 1 is 1.23 bits per heavy atom. The molecule has 10 heteroatoms. The third kappa shape index (κ3) is 7.38. The van der Waals surface area contributed by atoms with E-state index in [0.717, 1.165) is 10.4 Å². The van der Waals surface area contributed by atoms with E-state index >= 15 is 0 Å². The number of nitrogens with one attached hydrogen (secondary N) is 1. The highest BCUT2D eigenvalue weighted by atomic mass is 32.1. The molecule has 0 bridgehead atoms. The summed E-state index contributed by atoms with van der Waals surface area (Å²) in [4.78, 5) is 16.6. The second-order valence-electron chi connectivity index (χ2n) is 5.09. The number of carbonyl (C=O) groups excluding carboxylic acids is 1. The van der Waals surface area contributed by atoms with Crippen LogP contribution < -0.4 is 10.1 Å². The summed E-state index contributed by atoms with van der Waals surface area (Å²) in [5, 5.41) is 3.05. The topological polar surface area (TPSA) is 69.7 Å². The van der Waals surface area contributed by atoms with Crippen LogP contribution in [0.2, 0.25) is 0 Å². The van der Waals surface area contributed by atoms with Gasteiger partial charge in [-0.2, -0.15) is 0 Å². The van der Waals surface area contributed by atoms with Crippen LogP contribution in [0.5, 0.6) is 5.75 Å². The Balaban J connectivity index is 1.83. The normalized spacial score (nSPS) is 11.4. The summed E-state index contributed by atoms with van der Waals surface area (Å²) < 4.78 is 50.1. The van der Waals surface area contributed by atoms with Gasteiger partial charge in [-0.05, 0) is 17.7 Å². The Morgan fingerprint density at radius 2 is 1.96 bits per heavy atom. The second-order valence-corrected chi connectivity index (χ2v) is 6.21. The summed E-state index contributed by atoms with van der Waals surface area (Å²) in [6, 6.07) is 5.60. The number of benzene rings is 1.